The molecule has 1 aromatic heterocycles. The Hall–Kier alpha value is -3.27. The molecule has 2 rings (SSSR count). The van der Waals surface area contributed by atoms with Crippen LogP contribution >= 0.6 is 0 Å². The van der Waals surface area contributed by atoms with Gasteiger partial charge < -0.3 is 9.47 Å². The first kappa shape index (κ1) is 16.1. The van der Waals surface area contributed by atoms with Gasteiger partial charge in [0, 0.05) is 5.56 Å². The predicted molar refractivity (Wildman–Crippen MR) is 82.4 cm³/mol. The number of hydrogen-bond donors (Lipinski definition) is 1. The minimum Gasteiger partial charge on any atom is -0.465 e. The van der Waals surface area contributed by atoms with Gasteiger partial charge in [-0.3, -0.25) is 4.68 Å². The highest BCUT2D eigenvalue weighted by Gasteiger charge is 2.27. The lowest BCUT2D eigenvalue weighted by molar-refractivity contribution is 0.0599. The van der Waals surface area contributed by atoms with Crippen molar-refractivity contribution in [2.24, 2.45) is 0 Å². The van der Waals surface area contributed by atoms with E-state index < -0.39 is 12.1 Å². The molecule has 1 heterocycles. The van der Waals surface area contributed by atoms with Gasteiger partial charge in [0.05, 0.1) is 31.2 Å². The van der Waals surface area contributed by atoms with Crippen LogP contribution in [0.4, 0.5) is 4.79 Å². The molecule has 0 aliphatic rings. The number of carbonyl (C=O) groups excluding carboxylic acids is 2. The van der Waals surface area contributed by atoms with Crippen molar-refractivity contribution in [3.63, 3.8) is 0 Å². The fraction of sp³-hybridized carbons (Fsp3) is 0.188. The maximum Gasteiger partial charge on any atom is 0.426 e. The zero-order valence-corrected chi connectivity index (χ0v) is 12.9. The average molecular weight is 313 g/mol. The SMILES string of the molecule is COC(=O)Nn1c(C)c(C(=O)OC)c(C#N)c1-c1ccccc1. The molecular weight excluding hydrogens is 298 g/mol. The number of esters is 1. The zero-order valence-electron chi connectivity index (χ0n) is 12.9. The van der Waals surface area contributed by atoms with E-state index in [0.717, 1.165) is 0 Å². The molecule has 0 aliphatic carbocycles. The second-order valence-corrected chi connectivity index (χ2v) is 4.59. The van der Waals surface area contributed by atoms with Crippen LogP contribution in [0.3, 0.4) is 0 Å². The average Bonchev–Trinajstić information content (AvgIpc) is 2.86. The summed E-state index contributed by atoms with van der Waals surface area (Å²) in [5.41, 5.74) is 4.15. The van der Waals surface area contributed by atoms with E-state index in [2.05, 4.69) is 10.2 Å². The summed E-state index contributed by atoms with van der Waals surface area (Å²) in [5, 5.41) is 9.52. The van der Waals surface area contributed by atoms with Gasteiger partial charge in [-0.15, -0.1) is 0 Å². The topological polar surface area (TPSA) is 93.3 Å². The van der Waals surface area contributed by atoms with Gasteiger partial charge in [-0.2, -0.15) is 5.26 Å². The number of benzene rings is 1. The zero-order chi connectivity index (χ0) is 17.0. The summed E-state index contributed by atoms with van der Waals surface area (Å²) in [4.78, 5) is 23.6. The van der Waals surface area contributed by atoms with Gasteiger partial charge >= 0.3 is 12.1 Å². The molecule has 0 bridgehead atoms. The van der Waals surface area contributed by atoms with Crippen LogP contribution in [0.15, 0.2) is 30.3 Å². The number of rotatable bonds is 3. The third-order valence-electron chi connectivity index (χ3n) is 3.34. The molecule has 1 amide bonds. The molecule has 1 N–H and O–H groups in total. The molecule has 2 aromatic rings. The molecule has 7 nitrogen and oxygen atoms in total. The first-order chi connectivity index (χ1) is 11.0. The monoisotopic (exact) mass is 313 g/mol. The molecule has 0 aliphatic heterocycles. The summed E-state index contributed by atoms with van der Waals surface area (Å²) in [5.74, 6) is -0.651. The van der Waals surface area contributed by atoms with E-state index in [9.17, 15) is 14.9 Å². The van der Waals surface area contributed by atoms with Gasteiger partial charge in [0.1, 0.15) is 11.6 Å². The van der Waals surface area contributed by atoms with Gasteiger partial charge in [0.15, 0.2) is 0 Å². The van der Waals surface area contributed by atoms with Crippen LogP contribution in [0.25, 0.3) is 11.3 Å². The quantitative estimate of drug-likeness (QED) is 0.878. The maximum absolute atomic E-state index is 12.0. The molecule has 0 unspecified atom stereocenters. The van der Waals surface area contributed by atoms with Crippen LogP contribution in [-0.2, 0) is 9.47 Å². The van der Waals surface area contributed by atoms with Crippen molar-refractivity contribution in [3.05, 3.63) is 47.2 Å². The molecule has 0 atom stereocenters. The van der Waals surface area contributed by atoms with Crippen LogP contribution in [-0.4, -0.2) is 31.0 Å². The minimum atomic E-state index is -0.721. The lowest BCUT2D eigenvalue weighted by Gasteiger charge is -2.12. The van der Waals surface area contributed by atoms with Crippen molar-refractivity contribution < 1.29 is 19.1 Å². The summed E-state index contributed by atoms with van der Waals surface area (Å²) < 4.78 is 10.7. The Morgan fingerprint density at radius 2 is 1.83 bits per heavy atom. The number of nitriles is 1. The summed E-state index contributed by atoms with van der Waals surface area (Å²) >= 11 is 0. The number of aromatic nitrogens is 1. The Bertz CT molecular complexity index is 788. The van der Waals surface area contributed by atoms with Crippen molar-refractivity contribution in [2.45, 2.75) is 6.92 Å². The smallest absolute Gasteiger partial charge is 0.426 e. The lowest BCUT2D eigenvalue weighted by Crippen LogP contribution is -2.24. The standard InChI is InChI=1S/C16H15N3O4/c1-10-13(15(20)22-2)12(9-17)14(11-7-5-4-6-8-11)19(10)18-16(21)23-3/h4-8H,1-3H3,(H,18,21). The highest BCUT2D eigenvalue weighted by molar-refractivity contribution is 5.97. The fourth-order valence-corrected chi connectivity index (χ4v) is 2.30. The molecule has 23 heavy (non-hydrogen) atoms. The van der Waals surface area contributed by atoms with Crippen molar-refractivity contribution in [1.29, 1.82) is 5.26 Å². The van der Waals surface area contributed by atoms with E-state index in [1.807, 2.05) is 12.1 Å². The number of ether oxygens (including phenoxy) is 2. The number of nitrogens with one attached hydrogen (secondary N) is 1. The fourth-order valence-electron chi connectivity index (χ4n) is 2.30. The van der Waals surface area contributed by atoms with E-state index in [4.69, 9.17) is 4.74 Å². The Labute approximate surface area is 133 Å². The van der Waals surface area contributed by atoms with E-state index in [1.165, 1.54) is 18.9 Å². The first-order valence-corrected chi connectivity index (χ1v) is 6.69. The number of amides is 1. The second-order valence-electron chi connectivity index (χ2n) is 4.59. The molecular formula is C16H15N3O4. The third kappa shape index (κ3) is 2.87. The number of methoxy groups -OCH3 is 2. The predicted octanol–water partition coefficient (Wildman–Crippen LogP) is 2.43. The number of hydrogen-bond acceptors (Lipinski definition) is 5. The van der Waals surface area contributed by atoms with E-state index in [0.29, 0.717) is 17.0 Å². The largest absolute Gasteiger partial charge is 0.465 e. The Morgan fingerprint density at radius 3 is 2.35 bits per heavy atom. The summed E-state index contributed by atoms with van der Waals surface area (Å²) in [6.07, 6.45) is -0.721. The third-order valence-corrected chi connectivity index (χ3v) is 3.34. The molecule has 0 radical (unpaired) electrons. The van der Waals surface area contributed by atoms with Crippen molar-refractivity contribution in [3.8, 4) is 17.3 Å². The van der Waals surface area contributed by atoms with E-state index in [1.54, 1.807) is 31.2 Å². The number of carbonyl (C=O) groups is 2. The van der Waals surface area contributed by atoms with Crippen molar-refractivity contribution in [2.75, 3.05) is 19.6 Å². The maximum atomic E-state index is 12.0. The Morgan fingerprint density at radius 1 is 1.17 bits per heavy atom. The first-order valence-electron chi connectivity index (χ1n) is 6.69. The van der Waals surface area contributed by atoms with Gasteiger partial charge in [-0.1, -0.05) is 30.3 Å². The van der Waals surface area contributed by atoms with E-state index >= 15 is 0 Å². The summed E-state index contributed by atoms with van der Waals surface area (Å²) in [7, 11) is 2.46. The summed E-state index contributed by atoms with van der Waals surface area (Å²) in [6, 6.07) is 11.0. The molecule has 0 spiro atoms. The molecule has 1 aromatic carbocycles. The lowest BCUT2D eigenvalue weighted by atomic mass is 10.1. The normalized spacial score (nSPS) is 9.83. The van der Waals surface area contributed by atoms with Crippen LogP contribution in [0, 0.1) is 18.3 Å². The molecule has 0 saturated heterocycles. The Balaban J connectivity index is 2.78. The van der Waals surface area contributed by atoms with Crippen molar-refractivity contribution >= 4 is 12.1 Å². The molecule has 7 heteroatoms. The second kappa shape index (κ2) is 6.66. The van der Waals surface area contributed by atoms with Crippen molar-refractivity contribution in [1.82, 2.24) is 4.68 Å². The van der Waals surface area contributed by atoms with Crippen LogP contribution in [0.5, 0.6) is 0 Å². The van der Waals surface area contributed by atoms with E-state index in [-0.39, 0.29) is 11.1 Å². The van der Waals surface area contributed by atoms with Gasteiger partial charge in [0.25, 0.3) is 0 Å². The van der Waals surface area contributed by atoms with Gasteiger partial charge in [0.2, 0.25) is 0 Å². The molecule has 0 saturated carbocycles. The number of nitrogens with zero attached hydrogens (tertiary/aromatic N) is 2. The minimum absolute atomic E-state index is 0.102. The summed E-state index contributed by atoms with van der Waals surface area (Å²) in [6.45, 7) is 1.61. The molecule has 118 valence electrons. The van der Waals surface area contributed by atoms with Crippen LogP contribution in [0.1, 0.15) is 21.6 Å². The highest BCUT2D eigenvalue weighted by atomic mass is 16.5. The van der Waals surface area contributed by atoms with Gasteiger partial charge in [-0.05, 0) is 6.92 Å². The van der Waals surface area contributed by atoms with Crippen LogP contribution < -0.4 is 5.43 Å². The van der Waals surface area contributed by atoms with Gasteiger partial charge in [-0.25, -0.2) is 15.0 Å². The Kier molecular flexibility index (Phi) is 4.66. The highest BCUT2D eigenvalue weighted by Crippen LogP contribution is 2.30. The molecule has 0 fully saturated rings. The van der Waals surface area contributed by atoms with Crippen LogP contribution in [0.2, 0.25) is 0 Å².